The second-order valence-corrected chi connectivity index (χ2v) is 5.92. The summed E-state index contributed by atoms with van der Waals surface area (Å²) >= 11 is 5.77. The summed E-state index contributed by atoms with van der Waals surface area (Å²) in [5.74, 6) is -0.618. The van der Waals surface area contributed by atoms with Crippen LogP contribution in [0.25, 0.3) is 0 Å². The third-order valence-corrected chi connectivity index (χ3v) is 3.75. The van der Waals surface area contributed by atoms with E-state index in [1.54, 1.807) is 25.4 Å². The molecule has 132 valence electrons. The second kappa shape index (κ2) is 7.88. The van der Waals surface area contributed by atoms with Gasteiger partial charge in [0.1, 0.15) is 11.5 Å². The zero-order valence-corrected chi connectivity index (χ0v) is 14.6. The quantitative estimate of drug-likeness (QED) is 0.715. The number of nitrogens with one attached hydrogen (secondary N) is 2. The normalized spacial score (nSPS) is 10.4. The first kappa shape index (κ1) is 17.8. The number of pyridine rings is 1. The van der Waals surface area contributed by atoms with Gasteiger partial charge >= 0.3 is 0 Å². The molecular weight excluding hydrogens is 357 g/mol. The van der Waals surface area contributed by atoms with Crippen molar-refractivity contribution in [1.82, 2.24) is 20.3 Å². The zero-order valence-electron chi connectivity index (χ0n) is 13.8. The van der Waals surface area contributed by atoms with E-state index in [0.29, 0.717) is 17.9 Å². The van der Waals surface area contributed by atoms with Crippen LogP contribution in [0, 0.1) is 12.7 Å². The van der Waals surface area contributed by atoms with Crippen molar-refractivity contribution >= 4 is 29.1 Å². The Labute approximate surface area is 154 Å². The molecule has 0 aliphatic rings. The largest absolute Gasteiger partial charge is 0.347 e. The number of carbonyl (C=O) groups excluding carboxylic acids is 1. The first-order valence-electron chi connectivity index (χ1n) is 7.76. The standard InChI is InChI=1S/C18H15ClFN5O/c1-11-8-16(17(26)22-10-12-4-6-21-7-5-12)25-18(23-11)24-13-2-3-15(20)14(19)9-13/h2-9H,10H2,1H3,(H,22,26)(H,23,24,25). The van der Waals surface area contributed by atoms with Crippen LogP contribution in [0.2, 0.25) is 5.02 Å². The average molecular weight is 372 g/mol. The maximum atomic E-state index is 13.2. The molecule has 2 aromatic heterocycles. The highest BCUT2D eigenvalue weighted by atomic mass is 35.5. The van der Waals surface area contributed by atoms with E-state index in [1.165, 1.54) is 18.2 Å². The highest BCUT2D eigenvalue weighted by Gasteiger charge is 2.11. The first-order valence-corrected chi connectivity index (χ1v) is 8.14. The lowest BCUT2D eigenvalue weighted by molar-refractivity contribution is 0.0945. The number of anilines is 2. The molecule has 0 saturated carbocycles. The lowest BCUT2D eigenvalue weighted by atomic mass is 10.2. The van der Waals surface area contributed by atoms with Crippen molar-refractivity contribution in [1.29, 1.82) is 0 Å². The summed E-state index contributed by atoms with van der Waals surface area (Å²) in [6, 6.07) is 9.39. The summed E-state index contributed by atoms with van der Waals surface area (Å²) in [5.41, 5.74) is 2.29. The molecule has 26 heavy (non-hydrogen) atoms. The molecule has 0 atom stereocenters. The lowest BCUT2D eigenvalue weighted by Crippen LogP contribution is -2.24. The number of rotatable bonds is 5. The summed E-state index contributed by atoms with van der Waals surface area (Å²) in [6.07, 6.45) is 3.32. The van der Waals surface area contributed by atoms with Gasteiger partial charge in [0, 0.05) is 30.3 Å². The maximum Gasteiger partial charge on any atom is 0.270 e. The second-order valence-electron chi connectivity index (χ2n) is 5.51. The lowest BCUT2D eigenvalue weighted by Gasteiger charge is -2.09. The van der Waals surface area contributed by atoms with Gasteiger partial charge < -0.3 is 10.6 Å². The maximum absolute atomic E-state index is 13.2. The molecule has 0 spiro atoms. The fraction of sp³-hybridized carbons (Fsp3) is 0.111. The Morgan fingerprint density at radius 1 is 1.15 bits per heavy atom. The van der Waals surface area contributed by atoms with Gasteiger partial charge in [0.2, 0.25) is 5.95 Å². The predicted molar refractivity (Wildman–Crippen MR) is 96.9 cm³/mol. The highest BCUT2D eigenvalue weighted by molar-refractivity contribution is 6.31. The third-order valence-electron chi connectivity index (χ3n) is 3.47. The fourth-order valence-corrected chi connectivity index (χ4v) is 2.40. The van der Waals surface area contributed by atoms with Crippen LogP contribution in [0.15, 0.2) is 48.8 Å². The van der Waals surface area contributed by atoms with Crippen molar-refractivity contribution in [3.63, 3.8) is 0 Å². The van der Waals surface area contributed by atoms with Crippen LogP contribution in [-0.2, 0) is 6.54 Å². The summed E-state index contributed by atoms with van der Waals surface area (Å²) in [7, 11) is 0. The van der Waals surface area contributed by atoms with Gasteiger partial charge in [-0.25, -0.2) is 14.4 Å². The predicted octanol–water partition coefficient (Wildman–Crippen LogP) is 3.65. The zero-order chi connectivity index (χ0) is 18.5. The summed E-state index contributed by atoms with van der Waals surface area (Å²) in [6.45, 7) is 2.12. The molecule has 0 aliphatic carbocycles. The molecule has 0 radical (unpaired) electrons. The molecule has 0 saturated heterocycles. The van der Waals surface area contributed by atoms with Crippen LogP contribution in [0.3, 0.4) is 0 Å². The van der Waals surface area contributed by atoms with Crippen LogP contribution in [0.1, 0.15) is 21.7 Å². The summed E-state index contributed by atoms with van der Waals surface area (Å²) in [5, 5.41) is 5.70. The number of aromatic nitrogens is 3. The Balaban J connectivity index is 1.74. The minimum atomic E-state index is -0.515. The van der Waals surface area contributed by atoms with Gasteiger partial charge in [-0.05, 0) is 48.9 Å². The van der Waals surface area contributed by atoms with Crippen LogP contribution >= 0.6 is 11.6 Å². The molecule has 0 aliphatic heterocycles. The number of hydrogen-bond donors (Lipinski definition) is 2. The molecule has 2 heterocycles. The molecule has 3 aromatic rings. The van der Waals surface area contributed by atoms with E-state index < -0.39 is 5.82 Å². The molecule has 8 heteroatoms. The topological polar surface area (TPSA) is 79.8 Å². The number of halogens is 2. The van der Waals surface area contributed by atoms with Crippen molar-refractivity contribution in [3.05, 3.63) is 76.6 Å². The van der Waals surface area contributed by atoms with Crippen molar-refractivity contribution in [2.75, 3.05) is 5.32 Å². The van der Waals surface area contributed by atoms with Gasteiger partial charge in [-0.1, -0.05) is 11.6 Å². The van der Waals surface area contributed by atoms with Crippen LogP contribution < -0.4 is 10.6 Å². The minimum Gasteiger partial charge on any atom is -0.347 e. The van der Waals surface area contributed by atoms with Crippen LogP contribution in [-0.4, -0.2) is 20.9 Å². The van der Waals surface area contributed by atoms with E-state index in [1.807, 2.05) is 12.1 Å². The van der Waals surface area contributed by atoms with Crippen LogP contribution in [0.5, 0.6) is 0 Å². The van der Waals surface area contributed by atoms with Gasteiger partial charge in [-0.2, -0.15) is 0 Å². The molecule has 0 bridgehead atoms. The molecule has 6 nitrogen and oxygen atoms in total. The SMILES string of the molecule is Cc1cc(C(=O)NCc2ccncc2)nc(Nc2ccc(F)c(Cl)c2)n1. The van der Waals surface area contributed by atoms with E-state index >= 15 is 0 Å². The Morgan fingerprint density at radius 2 is 1.92 bits per heavy atom. The minimum absolute atomic E-state index is 0.0158. The Morgan fingerprint density at radius 3 is 2.65 bits per heavy atom. The van der Waals surface area contributed by atoms with Gasteiger partial charge in [-0.15, -0.1) is 0 Å². The van der Waals surface area contributed by atoms with Crippen molar-refractivity contribution in [3.8, 4) is 0 Å². The average Bonchev–Trinajstić information content (AvgIpc) is 2.63. The highest BCUT2D eigenvalue weighted by Crippen LogP contribution is 2.21. The fourth-order valence-electron chi connectivity index (χ4n) is 2.22. The van der Waals surface area contributed by atoms with Crippen molar-refractivity contribution < 1.29 is 9.18 Å². The number of nitrogens with zero attached hydrogens (tertiary/aromatic N) is 3. The number of benzene rings is 1. The molecule has 3 rings (SSSR count). The van der Waals surface area contributed by atoms with Crippen molar-refractivity contribution in [2.24, 2.45) is 0 Å². The van der Waals surface area contributed by atoms with E-state index in [-0.39, 0.29) is 22.6 Å². The number of hydrogen-bond acceptors (Lipinski definition) is 5. The van der Waals surface area contributed by atoms with Crippen molar-refractivity contribution in [2.45, 2.75) is 13.5 Å². The molecule has 1 aromatic carbocycles. The molecule has 1 amide bonds. The molecule has 0 unspecified atom stereocenters. The molecule has 2 N–H and O–H groups in total. The van der Waals surface area contributed by atoms with Gasteiger partial charge in [0.25, 0.3) is 5.91 Å². The molecular formula is C18H15ClFN5O. The molecule has 0 fully saturated rings. The van der Waals surface area contributed by atoms with E-state index in [0.717, 1.165) is 5.56 Å². The summed E-state index contributed by atoms with van der Waals surface area (Å²) in [4.78, 5) is 24.7. The number of carbonyl (C=O) groups is 1. The first-order chi connectivity index (χ1) is 12.5. The van der Waals surface area contributed by atoms with E-state index in [2.05, 4.69) is 25.6 Å². The van der Waals surface area contributed by atoms with E-state index in [4.69, 9.17) is 11.6 Å². The van der Waals surface area contributed by atoms with Gasteiger partial charge in [-0.3, -0.25) is 9.78 Å². The van der Waals surface area contributed by atoms with E-state index in [9.17, 15) is 9.18 Å². The van der Waals surface area contributed by atoms with Gasteiger partial charge in [0.05, 0.1) is 5.02 Å². The number of amides is 1. The van der Waals surface area contributed by atoms with Gasteiger partial charge in [0.15, 0.2) is 0 Å². The third kappa shape index (κ3) is 4.52. The smallest absolute Gasteiger partial charge is 0.270 e. The summed E-state index contributed by atoms with van der Waals surface area (Å²) < 4.78 is 13.2. The Bertz CT molecular complexity index is 936. The number of aryl methyl sites for hydroxylation is 1. The Kier molecular flexibility index (Phi) is 5.38. The monoisotopic (exact) mass is 371 g/mol. The Hall–Kier alpha value is -3.06. The van der Waals surface area contributed by atoms with Crippen LogP contribution in [0.4, 0.5) is 16.0 Å².